The zero-order valence-electron chi connectivity index (χ0n) is 15.9. The predicted octanol–water partition coefficient (Wildman–Crippen LogP) is 3.48. The van der Waals surface area contributed by atoms with Crippen molar-refractivity contribution in [3.8, 4) is 11.5 Å². The topological polar surface area (TPSA) is 65.4 Å². The maximum Gasteiger partial charge on any atom is 0.271 e. The molecule has 0 aliphatic heterocycles. The number of fused-ring (bicyclic) bond motifs is 2. The molecule has 0 radical (unpaired) electrons. The van der Waals surface area contributed by atoms with E-state index < -0.39 is 0 Å². The number of amides is 1. The number of rotatable bonds is 7. The van der Waals surface area contributed by atoms with Crippen molar-refractivity contribution < 1.29 is 14.3 Å². The Morgan fingerprint density at radius 2 is 2.00 bits per heavy atom. The molecule has 1 aromatic carbocycles. The minimum atomic E-state index is -0.103. The van der Waals surface area contributed by atoms with Gasteiger partial charge in [0.2, 0.25) is 0 Å². The van der Waals surface area contributed by atoms with Crippen molar-refractivity contribution in [3.05, 3.63) is 42.2 Å². The highest BCUT2D eigenvalue weighted by Crippen LogP contribution is 2.49. The van der Waals surface area contributed by atoms with Gasteiger partial charge in [-0.2, -0.15) is 5.10 Å². The molecule has 2 aliphatic rings. The summed E-state index contributed by atoms with van der Waals surface area (Å²) in [6, 6.07) is 9.30. The third-order valence-electron chi connectivity index (χ3n) is 6.09. The van der Waals surface area contributed by atoms with Gasteiger partial charge in [-0.25, -0.2) is 4.68 Å². The molecule has 144 valence electrons. The second-order valence-corrected chi connectivity index (χ2v) is 7.79. The van der Waals surface area contributed by atoms with Crippen LogP contribution in [0.25, 0.3) is 0 Å². The van der Waals surface area contributed by atoms with E-state index in [1.807, 2.05) is 24.3 Å². The van der Waals surface area contributed by atoms with Crippen molar-refractivity contribution in [2.75, 3.05) is 7.11 Å². The molecule has 2 saturated carbocycles. The van der Waals surface area contributed by atoms with Crippen LogP contribution in [-0.4, -0.2) is 28.8 Å². The number of hydrogen-bond donors (Lipinski definition) is 1. The van der Waals surface area contributed by atoms with E-state index in [-0.39, 0.29) is 18.7 Å². The molecule has 6 heteroatoms. The van der Waals surface area contributed by atoms with Gasteiger partial charge in [0.05, 0.1) is 7.11 Å². The van der Waals surface area contributed by atoms with Crippen LogP contribution in [0.5, 0.6) is 11.5 Å². The molecule has 4 rings (SSSR count). The zero-order valence-corrected chi connectivity index (χ0v) is 15.9. The molecule has 4 atom stereocenters. The van der Waals surface area contributed by atoms with Gasteiger partial charge < -0.3 is 14.8 Å². The maximum atomic E-state index is 12.5. The van der Waals surface area contributed by atoms with E-state index in [2.05, 4.69) is 17.3 Å². The fourth-order valence-corrected chi connectivity index (χ4v) is 4.66. The largest absolute Gasteiger partial charge is 0.497 e. The zero-order chi connectivity index (χ0) is 18.8. The van der Waals surface area contributed by atoms with Crippen molar-refractivity contribution in [1.82, 2.24) is 15.1 Å². The minimum absolute atomic E-state index is 0.103. The molecule has 2 fully saturated rings. The summed E-state index contributed by atoms with van der Waals surface area (Å²) in [5, 5.41) is 7.49. The summed E-state index contributed by atoms with van der Waals surface area (Å²) in [4.78, 5) is 12.5. The molecule has 2 aliphatic carbocycles. The molecule has 0 saturated heterocycles. The molecule has 2 bridgehead atoms. The van der Waals surface area contributed by atoms with Gasteiger partial charge in [0, 0.05) is 12.2 Å². The van der Waals surface area contributed by atoms with Crippen LogP contribution >= 0.6 is 0 Å². The van der Waals surface area contributed by atoms with Crippen LogP contribution in [0.15, 0.2) is 36.5 Å². The molecule has 1 amide bonds. The van der Waals surface area contributed by atoms with Crippen molar-refractivity contribution in [2.24, 2.45) is 17.8 Å². The van der Waals surface area contributed by atoms with Gasteiger partial charge in [-0.1, -0.05) is 6.42 Å². The van der Waals surface area contributed by atoms with Gasteiger partial charge in [0.25, 0.3) is 5.91 Å². The molecule has 27 heavy (non-hydrogen) atoms. The van der Waals surface area contributed by atoms with Gasteiger partial charge in [-0.15, -0.1) is 0 Å². The average Bonchev–Trinajstić information content (AvgIpc) is 3.43. The van der Waals surface area contributed by atoms with E-state index in [9.17, 15) is 4.79 Å². The summed E-state index contributed by atoms with van der Waals surface area (Å²) in [5.41, 5.74) is 0.434. The lowest BCUT2D eigenvalue weighted by Gasteiger charge is -2.28. The van der Waals surface area contributed by atoms with E-state index in [0.29, 0.717) is 11.6 Å². The Morgan fingerprint density at radius 1 is 1.22 bits per heavy atom. The first-order chi connectivity index (χ1) is 13.1. The summed E-state index contributed by atoms with van der Waals surface area (Å²) < 4.78 is 12.4. The van der Waals surface area contributed by atoms with Crippen LogP contribution in [-0.2, 0) is 6.73 Å². The van der Waals surface area contributed by atoms with Crippen LogP contribution in [0.1, 0.15) is 43.1 Å². The number of benzene rings is 1. The van der Waals surface area contributed by atoms with Crippen LogP contribution in [0.2, 0.25) is 0 Å². The number of ether oxygens (including phenoxy) is 2. The van der Waals surface area contributed by atoms with Gasteiger partial charge in [0.15, 0.2) is 6.73 Å². The lowest BCUT2D eigenvalue weighted by molar-refractivity contribution is 0.0908. The normalized spacial score (nSPS) is 24.6. The quantitative estimate of drug-likeness (QED) is 0.811. The molecular weight excluding hydrogens is 342 g/mol. The number of nitrogens with one attached hydrogen (secondary N) is 1. The molecule has 4 unspecified atom stereocenters. The minimum Gasteiger partial charge on any atom is -0.497 e. The van der Waals surface area contributed by atoms with E-state index in [1.54, 1.807) is 24.1 Å². The Balaban J connectivity index is 1.29. The highest BCUT2D eigenvalue weighted by atomic mass is 16.5. The smallest absolute Gasteiger partial charge is 0.271 e. The number of methoxy groups -OCH3 is 1. The number of carbonyl (C=O) groups is 1. The number of hydrogen-bond acceptors (Lipinski definition) is 4. The Kier molecular flexibility index (Phi) is 5.05. The van der Waals surface area contributed by atoms with Crippen molar-refractivity contribution in [2.45, 2.75) is 45.4 Å². The number of aromatic nitrogens is 2. The highest BCUT2D eigenvalue weighted by Gasteiger charge is 2.42. The Morgan fingerprint density at radius 3 is 2.67 bits per heavy atom. The van der Waals surface area contributed by atoms with Gasteiger partial charge in [-0.05, 0) is 74.3 Å². The standard InChI is InChI=1S/C21H27N3O3/c1-14(19-12-15-3-4-16(19)11-15)22-21(25)20-9-10-24(23-20)13-27-18-7-5-17(26-2)6-8-18/h5-10,14-16,19H,3-4,11-13H2,1-2H3,(H,22,25). The second kappa shape index (κ2) is 7.62. The van der Waals surface area contributed by atoms with E-state index in [4.69, 9.17) is 9.47 Å². The fraction of sp³-hybridized carbons (Fsp3) is 0.524. The lowest BCUT2D eigenvalue weighted by atomic mass is 9.84. The molecule has 0 spiro atoms. The Labute approximate surface area is 159 Å². The summed E-state index contributed by atoms with van der Waals surface area (Å²) in [6.45, 7) is 2.38. The molecule has 6 nitrogen and oxygen atoms in total. The van der Waals surface area contributed by atoms with Gasteiger partial charge in [-0.3, -0.25) is 4.79 Å². The van der Waals surface area contributed by atoms with E-state index in [1.165, 1.54) is 25.7 Å². The SMILES string of the molecule is COc1ccc(OCn2ccc(C(=O)NC(C)C3CC4CCC3C4)n2)cc1. The van der Waals surface area contributed by atoms with E-state index in [0.717, 1.165) is 23.3 Å². The molecule has 2 aromatic rings. The van der Waals surface area contributed by atoms with Crippen molar-refractivity contribution >= 4 is 5.91 Å². The third-order valence-corrected chi connectivity index (χ3v) is 6.09. The van der Waals surface area contributed by atoms with Crippen LogP contribution in [0.4, 0.5) is 0 Å². The molecule has 1 heterocycles. The Hall–Kier alpha value is -2.50. The summed E-state index contributed by atoms with van der Waals surface area (Å²) >= 11 is 0. The van der Waals surface area contributed by atoms with E-state index >= 15 is 0 Å². The van der Waals surface area contributed by atoms with Crippen LogP contribution < -0.4 is 14.8 Å². The van der Waals surface area contributed by atoms with Crippen LogP contribution in [0, 0.1) is 17.8 Å². The first-order valence-electron chi connectivity index (χ1n) is 9.73. The monoisotopic (exact) mass is 369 g/mol. The van der Waals surface area contributed by atoms with Crippen molar-refractivity contribution in [3.63, 3.8) is 0 Å². The summed E-state index contributed by atoms with van der Waals surface area (Å²) in [6.07, 6.45) is 7.08. The van der Waals surface area contributed by atoms with Crippen LogP contribution in [0.3, 0.4) is 0 Å². The molecule has 1 aromatic heterocycles. The number of nitrogens with zero attached hydrogens (tertiary/aromatic N) is 2. The first-order valence-corrected chi connectivity index (χ1v) is 9.73. The maximum absolute atomic E-state index is 12.5. The summed E-state index contributed by atoms with van der Waals surface area (Å²) in [5.74, 6) is 3.70. The average molecular weight is 369 g/mol. The third kappa shape index (κ3) is 3.94. The summed E-state index contributed by atoms with van der Waals surface area (Å²) in [7, 11) is 1.63. The first kappa shape index (κ1) is 17.9. The second-order valence-electron chi connectivity index (χ2n) is 7.79. The van der Waals surface area contributed by atoms with Gasteiger partial charge in [0.1, 0.15) is 17.2 Å². The molecule has 1 N–H and O–H groups in total. The number of carbonyl (C=O) groups excluding carboxylic acids is 1. The Bertz CT molecular complexity index is 786. The molecular formula is C21H27N3O3. The van der Waals surface area contributed by atoms with Gasteiger partial charge >= 0.3 is 0 Å². The lowest BCUT2D eigenvalue weighted by Crippen LogP contribution is -2.40. The fourth-order valence-electron chi connectivity index (χ4n) is 4.66. The van der Waals surface area contributed by atoms with Crippen molar-refractivity contribution in [1.29, 1.82) is 0 Å². The highest BCUT2D eigenvalue weighted by molar-refractivity contribution is 5.92. The predicted molar refractivity (Wildman–Crippen MR) is 102 cm³/mol.